The second kappa shape index (κ2) is 9.93. The van der Waals surface area contributed by atoms with Crippen LogP contribution in [0, 0.1) is 0 Å². The molecule has 7 aromatic carbocycles. The smallest absolute Gasteiger partial charge is 0.159 e. The number of benzene rings is 7. The molecule has 0 aliphatic heterocycles. The molecular formula is C44H29NOS. The Morgan fingerprint density at radius 2 is 1.17 bits per heavy atom. The number of furan rings is 1. The SMILES string of the molecule is CC1(c2ccc3c(c2)oc2c(N(c4ccccc4)c4ccc5c(c4)sc4ccccc45)cccc23)c2ccccc2-c2ccccc21. The van der Waals surface area contributed by atoms with E-state index in [1.165, 1.54) is 48.0 Å². The number of fused-ring (bicyclic) bond motifs is 9. The van der Waals surface area contributed by atoms with Gasteiger partial charge in [-0.3, -0.25) is 0 Å². The zero-order chi connectivity index (χ0) is 31.1. The predicted octanol–water partition coefficient (Wildman–Crippen LogP) is 12.8. The summed E-state index contributed by atoms with van der Waals surface area (Å²) in [5.74, 6) is 0. The molecule has 222 valence electrons. The Morgan fingerprint density at radius 1 is 0.511 bits per heavy atom. The fraction of sp³-hybridized carbons (Fsp3) is 0.0455. The highest BCUT2D eigenvalue weighted by Crippen LogP contribution is 2.53. The Hall–Kier alpha value is -5.64. The topological polar surface area (TPSA) is 16.4 Å². The van der Waals surface area contributed by atoms with Gasteiger partial charge in [-0.15, -0.1) is 11.3 Å². The first kappa shape index (κ1) is 26.6. The molecule has 0 fully saturated rings. The lowest BCUT2D eigenvalue weighted by atomic mass is 9.74. The second-order valence-electron chi connectivity index (χ2n) is 12.6. The highest BCUT2D eigenvalue weighted by atomic mass is 32.1. The monoisotopic (exact) mass is 619 g/mol. The van der Waals surface area contributed by atoms with Gasteiger partial charge in [0.25, 0.3) is 0 Å². The van der Waals surface area contributed by atoms with Crippen LogP contribution in [0.4, 0.5) is 17.1 Å². The Balaban J connectivity index is 1.17. The van der Waals surface area contributed by atoms with E-state index in [9.17, 15) is 0 Å². The van der Waals surface area contributed by atoms with Gasteiger partial charge in [-0.2, -0.15) is 0 Å². The maximum atomic E-state index is 6.93. The number of nitrogens with zero attached hydrogens (tertiary/aromatic N) is 1. The van der Waals surface area contributed by atoms with E-state index in [0.29, 0.717) is 0 Å². The molecule has 1 aliphatic carbocycles. The van der Waals surface area contributed by atoms with Crippen LogP contribution in [0.15, 0.2) is 162 Å². The van der Waals surface area contributed by atoms with Gasteiger partial charge in [0.05, 0.1) is 5.69 Å². The third kappa shape index (κ3) is 3.78. The normalized spacial score (nSPS) is 13.4. The zero-order valence-corrected chi connectivity index (χ0v) is 26.6. The third-order valence-electron chi connectivity index (χ3n) is 10.2. The molecule has 0 saturated carbocycles. The van der Waals surface area contributed by atoms with Gasteiger partial charge in [-0.25, -0.2) is 0 Å². The summed E-state index contributed by atoms with van der Waals surface area (Å²) in [4.78, 5) is 2.33. The van der Waals surface area contributed by atoms with Crippen LogP contribution < -0.4 is 4.90 Å². The van der Waals surface area contributed by atoms with Crippen molar-refractivity contribution in [1.29, 1.82) is 0 Å². The number of thiophene rings is 1. The lowest BCUT2D eigenvalue weighted by molar-refractivity contribution is 0.662. The first-order valence-electron chi connectivity index (χ1n) is 16.1. The van der Waals surface area contributed by atoms with Gasteiger partial charge in [-0.1, -0.05) is 115 Å². The van der Waals surface area contributed by atoms with Crippen molar-refractivity contribution in [2.75, 3.05) is 4.90 Å². The average molecular weight is 620 g/mol. The van der Waals surface area contributed by atoms with Crippen molar-refractivity contribution < 1.29 is 4.42 Å². The van der Waals surface area contributed by atoms with Crippen LogP contribution in [0.25, 0.3) is 53.2 Å². The predicted molar refractivity (Wildman–Crippen MR) is 199 cm³/mol. The van der Waals surface area contributed by atoms with Crippen LogP contribution in [0.1, 0.15) is 23.6 Å². The minimum Gasteiger partial charge on any atom is -0.454 e. The molecule has 47 heavy (non-hydrogen) atoms. The lowest BCUT2D eigenvalue weighted by Gasteiger charge is -2.28. The van der Waals surface area contributed by atoms with E-state index in [1.807, 2.05) is 11.3 Å². The molecule has 0 radical (unpaired) electrons. The Bertz CT molecular complexity index is 2620. The van der Waals surface area contributed by atoms with E-state index in [2.05, 4.69) is 170 Å². The Labute approximate surface area is 276 Å². The van der Waals surface area contributed by atoms with Crippen LogP contribution in [0.5, 0.6) is 0 Å². The van der Waals surface area contributed by atoms with Gasteiger partial charge < -0.3 is 9.32 Å². The van der Waals surface area contributed by atoms with Gasteiger partial charge in [0.2, 0.25) is 0 Å². The molecule has 0 spiro atoms. The largest absolute Gasteiger partial charge is 0.454 e. The Kier molecular flexibility index (Phi) is 5.61. The number of hydrogen-bond acceptors (Lipinski definition) is 3. The molecule has 2 aromatic heterocycles. The van der Waals surface area contributed by atoms with Gasteiger partial charge in [-0.05, 0) is 77.2 Å². The van der Waals surface area contributed by atoms with Gasteiger partial charge in [0.15, 0.2) is 5.58 Å². The van der Waals surface area contributed by atoms with Crippen LogP contribution in [-0.2, 0) is 5.41 Å². The first-order valence-corrected chi connectivity index (χ1v) is 16.9. The lowest BCUT2D eigenvalue weighted by Crippen LogP contribution is -2.22. The standard InChI is InChI=1S/C44H29NOS/c1-44(37-18-8-5-14-31(37)32-15-6-9-19-38(32)44)28-22-24-33-36-17-11-20-39(43(36)46-40(33)26-28)45(29-12-3-2-4-13-29)30-23-25-35-34-16-7-10-21-41(34)47-42(35)27-30/h2-27H,1H3. The van der Waals surface area contributed by atoms with Crippen molar-refractivity contribution in [1.82, 2.24) is 0 Å². The van der Waals surface area contributed by atoms with Gasteiger partial charge in [0, 0.05) is 47.7 Å². The van der Waals surface area contributed by atoms with E-state index < -0.39 is 0 Å². The van der Waals surface area contributed by atoms with Crippen molar-refractivity contribution in [3.05, 3.63) is 174 Å². The first-order chi connectivity index (χ1) is 23.2. The number of para-hydroxylation sites is 2. The quantitative estimate of drug-likeness (QED) is 0.195. The highest BCUT2D eigenvalue weighted by molar-refractivity contribution is 7.25. The van der Waals surface area contributed by atoms with E-state index >= 15 is 0 Å². The summed E-state index contributed by atoms with van der Waals surface area (Å²) in [6.45, 7) is 2.36. The van der Waals surface area contributed by atoms with Gasteiger partial charge >= 0.3 is 0 Å². The molecular weight excluding hydrogens is 591 g/mol. The molecule has 0 saturated heterocycles. The van der Waals surface area contributed by atoms with E-state index in [4.69, 9.17) is 4.42 Å². The Morgan fingerprint density at radius 3 is 1.98 bits per heavy atom. The third-order valence-corrected chi connectivity index (χ3v) is 11.3. The molecule has 2 heterocycles. The molecule has 0 unspecified atom stereocenters. The molecule has 0 N–H and O–H groups in total. The number of anilines is 3. The second-order valence-corrected chi connectivity index (χ2v) is 13.7. The van der Waals surface area contributed by atoms with Crippen LogP contribution >= 0.6 is 11.3 Å². The maximum absolute atomic E-state index is 6.93. The van der Waals surface area contributed by atoms with Crippen LogP contribution in [0.3, 0.4) is 0 Å². The van der Waals surface area contributed by atoms with E-state index in [1.54, 1.807) is 0 Å². The van der Waals surface area contributed by atoms with Crippen molar-refractivity contribution in [3.8, 4) is 11.1 Å². The summed E-state index contributed by atoms with van der Waals surface area (Å²) in [7, 11) is 0. The minimum absolute atomic E-state index is 0.279. The summed E-state index contributed by atoms with van der Waals surface area (Å²) in [6.07, 6.45) is 0. The molecule has 0 bridgehead atoms. The fourth-order valence-corrected chi connectivity index (χ4v) is 9.03. The van der Waals surface area contributed by atoms with E-state index in [-0.39, 0.29) is 5.41 Å². The van der Waals surface area contributed by atoms with E-state index in [0.717, 1.165) is 39.0 Å². The van der Waals surface area contributed by atoms with Crippen molar-refractivity contribution >= 4 is 70.5 Å². The van der Waals surface area contributed by atoms with Gasteiger partial charge in [0.1, 0.15) is 5.58 Å². The van der Waals surface area contributed by atoms with Crippen LogP contribution in [-0.4, -0.2) is 0 Å². The average Bonchev–Trinajstić information content (AvgIpc) is 3.77. The summed E-state index contributed by atoms with van der Waals surface area (Å²) in [5, 5.41) is 4.84. The number of rotatable bonds is 4. The molecule has 3 heteroatoms. The summed E-state index contributed by atoms with van der Waals surface area (Å²) < 4.78 is 9.51. The zero-order valence-electron chi connectivity index (χ0n) is 25.8. The summed E-state index contributed by atoms with van der Waals surface area (Å²) in [5.41, 5.74) is 11.3. The fourth-order valence-electron chi connectivity index (χ4n) is 7.89. The highest BCUT2D eigenvalue weighted by Gasteiger charge is 2.40. The maximum Gasteiger partial charge on any atom is 0.159 e. The molecule has 9 aromatic rings. The van der Waals surface area contributed by atoms with Crippen molar-refractivity contribution in [3.63, 3.8) is 0 Å². The molecule has 2 nitrogen and oxygen atoms in total. The van der Waals surface area contributed by atoms with Crippen LogP contribution in [0.2, 0.25) is 0 Å². The molecule has 1 aliphatic rings. The van der Waals surface area contributed by atoms with Crippen molar-refractivity contribution in [2.45, 2.75) is 12.3 Å². The minimum atomic E-state index is -0.279. The number of hydrogen-bond donors (Lipinski definition) is 0. The summed E-state index contributed by atoms with van der Waals surface area (Å²) >= 11 is 1.84. The van der Waals surface area contributed by atoms with Crippen molar-refractivity contribution in [2.24, 2.45) is 0 Å². The molecule has 0 atom stereocenters. The molecule has 0 amide bonds. The molecule has 10 rings (SSSR count). The summed E-state index contributed by atoms with van der Waals surface area (Å²) in [6, 6.07) is 57.1.